The zero-order valence-electron chi connectivity index (χ0n) is 7.66. The highest BCUT2D eigenvalue weighted by atomic mass is 16.2. The lowest BCUT2D eigenvalue weighted by atomic mass is 10.1. The van der Waals surface area contributed by atoms with Crippen LogP contribution in [0.1, 0.15) is 25.7 Å². The molecule has 73 valence electrons. The predicted octanol–water partition coefficient (Wildman–Crippen LogP) is 0.0786. The van der Waals surface area contributed by atoms with E-state index in [1.807, 2.05) is 0 Å². The molecule has 2 N–H and O–H groups in total. The van der Waals surface area contributed by atoms with Crippen molar-refractivity contribution in [2.45, 2.75) is 25.7 Å². The Balaban J connectivity index is 2.25. The molecule has 1 rings (SSSR count). The number of primary amides is 1. The van der Waals surface area contributed by atoms with Crippen LogP contribution in [0.15, 0.2) is 0 Å². The molecule has 1 heterocycles. The Morgan fingerprint density at radius 3 is 2.38 bits per heavy atom. The van der Waals surface area contributed by atoms with E-state index in [1.165, 1.54) is 12.8 Å². The third kappa shape index (κ3) is 3.44. The summed E-state index contributed by atoms with van der Waals surface area (Å²) in [7, 11) is 0. The van der Waals surface area contributed by atoms with Crippen LogP contribution in [0.25, 0.3) is 0 Å². The van der Waals surface area contributed by atoms with Crippen molar-refractivity contribution >= 4 is 11.8 Å². The number of amides is 2. The Bertz CT molecular complexity index is 198. The number of nitrogens with two attached hydrogens (primary N) is 1. The van der Waals surface area contributed by atoms with E-state index >= 15 is 0 Å². The second-order valence-electron chi connectivity index (χ2n) is 3.25. The number of rotatable bonds is 3. The first-order chi connectivity index (χ1) is 6.20. The Kier molecular flexibility index (Phi) is 3.73. The number of nitrogens with zero attached hydrogens (tertiary/aromatic N) is 1. The van der Waals surface area contributed by atoms with Crippen molar-refractivity contribution in [2.24, 2.45) is 5.73 Å². The summed E-state index contributed by atoms with van der Waals surface area (Å²) in [6.07, 6.45) is 4.72. The Labute approximate surface area is 78.1 Å². The summed E-state index contributed by atoms with van der Waals surface area (Å²) >= 11 is 0. The molecule has 0 spiro atoms. The fourth-order valence-electron chi connectivity index (χ4n) is 1.46. The maximum Gasteiger partial charge on any atom is 0.223 e. The number of piperidine rings is 1. The van der Waals surface area contributed by atoms with Crippen LogP contribution in [0, 0.1) is 6.42 Å². The molecule has 0 aromatic rings. The number of hydrogen-bond donors (Lipinski definition) is 1. The van der Waals surface area contributed by atoms with Gasteiger partial charge < -0.3 is 10.6 Å². The van der Waals surface area contributed by atoms with Gasteiger partial charge in [-0.05, 0) is 19.3 Å². The van der Waals surface area contributed by atoms with Crippen molar-refractivity contribution in [1.29, 1.82) is 0 Å². The van der Waals surface area contributed by atoms with Crippen molar-refractivity contribution in [3.05, 3.63) is 6.42 Å². The van der Waals surface area contributed by atoms with Crippen molar-refractivity contribution < 1.29 is 9.59 Å². The normalized spacial score (nSPS) is 17.1. The van der Waals surface area contributed by atoms with Gasteiger partial charge in [-0.1, -0.05) is 0 Å². The van der Waals surface area contributed by atoms with E-state index in [1.54, 1.807) is 4.90 Å². The Hall–Kier alpha value is -1.06. The smallest absolute Gasteiger partial charge is 0.223 e. The number of carbonyl (C=O) groups excluding carboxylic acids is 2. The molecular weight excluding hydrogens is 168 g/mol. The molecule has 1 saturated heterocycles. The van der Waals surface area contributed by atoms with E-state index in [2.05, 4.69) is 0 Å². The zero-order valence-corrected chi connectivity index (χ0v) is 7.66. The number of likely N-dealkylation sites (tertiary alicyclic amines) is 1. The summed E-state index contributed by atoms with van der Waals surface area (Å²) in [6, 6.07) is 0. The molecule has 2 amide bonds. The van der Waals surface area contributed by atoms with Gasteiger partial charge in [0, 0.05) is 19.5 Å². The highest BCUT2D eigenvalue weighted by Crippen LogP contribution is 2.10. The van der Waals surface area contributed by atoms with E-state index < -0.39 is 5.91 Å². The largest absolute Gasteiger partial charge is 0.369 e. The van der Waals surface area contributed by atoms with Crippen LogP contribution >= 0.6 is 0 Å². The van der Waals surface area contributed by atoms with E-state index in [4.69, 9.17) is 5.73 Å². The van der Waals surface area contributed by atoms with Crippen LogP contribution in [-0.4, -0.2) is 29.8 Å². The second-order valence-corrected chi connectivity index (χ2v) is 3.25. The molecule has 1 fully saturated rings. The third-order valence-electron chi connectivity index (χ3n) is 2.19. The monoisotopic (exact) mass is 183 g/mol. The Morgan fingerprint density at radius 1 is 1.23 bits per heavy atom. The van der Waals surface area contributed by atoms with Gasteiger partial charge in [-0.15, -0.1) is 0 Å². The summed E-state index contributed by atoms with van der Waals surface area (Å²) < 4.78 is 0. The average Bonchev–Trinajstić information content (AvgIpc) is 2.15. The van der Waals surface area contributed by atoms with Crippen molar-refractivity contribution in [1.82, 2.24) is 4.90 Å². The van der Waals surface area contributed by atoms with Gasteiger partial charge in [0.1, 0.15) is 0 Å². The quantitative estimate of drug-likeness (QED) is 0.673. The summed E-state index contributed by atoms with van der Waals surface area (Å²) in [4.78, 5) is 23.6. The molecule has 0 aliphatic carbocycles. The van der Waals surface area contributed by atoms with E-state index in [0.29, 0.717) is 0 Å². The lowest BCUT2D eigenvalue weighted by Crippen LogP contribution is -2.36. The number of hydrogen-bond acceptors (Lipinski definition) is 2. The molecule has 0 aromatic carbocycles. The van der Waals surface area contributed by atoms with Gasteiger partial charge in [0.2, 0.25) is 11.8 Å². The molecule has 0 saturated carbocycles. The first kappa shape index (κ1) is 10.0. The van der Waals surface area contributed by atoms with Crippen LogP contribution < -0.4 is 5.73 Å². The van der Waals surface area contributed by atoms with Crippen LogP contribution in [0.4, 0.5) is 0 Å². The first-order valence-electron chi connectivity index (χ1n) is 4.60. The topological polar surface area (TPSA) is 63.4 Å². The molecule has 0 bridgehead atoms. The van der Waals surface area contributed by atoms with E-state index in [9.17, 15) is 9.59 Å². The van der Waals surface area contributed by atoms with Gasteiger partial charge in [-0.3, -0.25) is 9.59 Å². The fourth-order valence-corrected chi connectivity index (χ4v) is 1.46. The van der Waals surface area contributed by atoms with Crippen LogP contribution in [0.2, 0.25) is 0 Å². The zero-order chi connectivity index (χ0) is 9.68. The minimum atomic E-state index is -0.523. The first-order valence-corrected chi connectivity index (χ1v) is 4.60. The van der Waals surface area contributed by atoms with Crippen LogP contribution in [-0.2, 0) is 9.59 Å². The molecule has 0 aromatic heterocycles. The van der Waals surface area contributed by atoms with Gasteiger partial charge in [0.15, 0.2) is 0 Å². The van der Waals surface area contributed by atoms with Gasteiger partial charge >= 0.3 is 0 Å². The van der Waals surface area contributed by atoms with Crippen molar-refractivity contribution in [3.63, 3.8) is 0 Å². The molecular formula is C9H15N2O2. The standard InChI is InChI=1S/C9H15N2O2/c10-8(12)4-5-9(13)11-6-2-1-3-7-11/h4H,1-3,5-7H2,(H2,10,12). The second kappa shape index (κ2) is 4.84. The molecule has 0 atom stereocenters. The molecule has 0 unspecified atom stereocenters. The van der Waals surface area contributed by atoms with Gasteiger partial charge in [-0.2, -0.15) is 0 Å². The molecule has 1 radical (unpaired) electrons. The highest BCUT2D eigenvalue weighted by Gasteiger charge is 2.16. The highest BCUT2D eigenvalue weighted by molar-refractivity contribution is 5.89. The molecule has 4 heteroatoms. The van der Waals surface area contributed by atoms with Gasteiger partial charge in [0.25, 0.3) is 0 Å². The fraction of sp³-hybridized carbons (Fsp3) is 0.667. The summed E-state index contributed by atoms with van der Waals surface area (Å²) in [5, 5.41) is 0. The lowest BCUT2D eigenvalue weighted by molar-refractivity contribution is -0.132. The molecule has 4 nitrogen and oxygen atoms in total. The van der Waals surface area contributed by atoms with Gasteiger partial charge in [0.05, 0.1) is 6.42 Å². The van der Waals surface area contributed by atoms with Crippen molar-refractivity contribution in [2.75, 3.05) is 13.1 Å². The SMILES string of the molecule is NC(=O)[CH]CC(=O)N1CCCCC1. The van der Waals surface area contributed by atoms with Gasteiger partial charge in [-0.25, -0.2) is 0 Å². The summed E-state index contributed by atoms with van der Waals surface area (Å²) in [5.41, 5.74) is 4.91. The summed E-state index contributed by atoms with van der Waals surface area (Å²) in [6.45, 7) is 1.65. The Morgan fingerprint density at radius 2 is 1.85 bits per heavy atom. The number of carbonyl (C=O) groups is 2. The minimum absolute atomic E-state index is 0.0125. The van der Waals surface area contributed by atoms with Crippen LogP contribution in [0.5, 0.6) is 0 Å². The molecule has 1 aliphatic heterocycles. The maximum absolute atomic E-state index is 11.4. The molecule has 13 heavy (non-hydrogen) atoms. The average molecular weight is 183 g/mol. The summed E-state index contributed by atoms with van der Waals surface area (Å²) in [5.74, 6) is -0.510. The van der Waals surface area contributed by atoms with Crippen molar-refractivity contribution in [3.8, 4) is 0 Å². The van der Waals surface area contributed by atoms with E-state index in [-0.39, 0.29) is 12.3 Å². The maximum atomic E-state index is 11.4. The van der Waals surface area contributed by atoms with E-state index in [0.717, 1.165) is 25.9 Å². The third-order valence-corrected chi connectivity index (χ3v) is 2.19. The minimum Gasteiger partial charge on any atom is -0.369 e. The predicted molar refractivity (Wildman–Crippen MR) is 48.5 cm³/mol. The molecule has 1 aliphatic rings. The van der Waals surface area contributed by atoms with Crippen LogP contribution in [0.3, 0.4) is 0 Å². The lowest BCUT2D eigenvalue weighted by Gasteiger charge is -2.26.